The van der Waals surface area contributed by atoms with E-state index in [0.29, 0.717) is 0 Å². The fourth-order valence-electron chi connectivity index (χ4n) is 4.52. The van der Waals surface area contributed by atoms with Crippen LogP contribution in [0.15, 0.2) is 71.4 Å². The van der Waals surface area contributed by atoms with Crippen LogP contribution in [0, 0.1) is 12.8 Å². The van der Waals surface area contributed by atoms with E-state index < -0.39 is 0 Å². The number of hydrogen-bond donors (Lipinski definition) is 0. The Morgan fingerprint density at radius 2 is 1.83 bits per heavy atom. The van der Waals surface area contributed by atoms with Crippen molar-refractivity contribution in [3.63, 3.8) is 0 Å². The molecule has 0 atom stereocenters. The topological polar surface area (TPSA) is 29.3 Å². The van der Waals surface area contributed by atoms with Crippen LogP contribution in [0.5, 0.6) is 0 Å². The lowest BCUT2D eigenvalue weighted by atomic mass is 9.91. The van der Waals surface area contributed by atoms with Crippen LogP contribution in [0.1, 0.15) is 36.1 Å². The second kappa shape index (κ2) is 8.35. The molecule has 152 valence electrons. The molecule has 1 saturated heterocycles. The van der Waals surface area contributed by atoms with Gasteiger partial charge in [-0.1, -0.05) is 53.2 Å². The number of aromatic nitrogens is 1. The van der Waals surface area contributed by atoms with E-state index >= 15 is 0 Å². The third kappa shape index (κ3) is 4.11. The van der Waals surface area contributed by atoms with E-state index in [4.69, 9.17) is 4.52 Å². The van der Waals surface area contributed by atoms with E-state index in [2.05, 4.69) is 83.9 Å². The molecule has 3 nitrogen and oxygen atoms in total. The number of piperidine rings is 1. The maximum Gasteiger partial charge on any atom is 0.167 e. The number of rotatable bonds is 5. The van der Waals surface area contributed by atoms with Gasteiger partial charge in [-0.05, 0) is 85.3 Å². The Labute approximate surface area is 178 Å². The first kappa shape index (κ1) is 18.9. The van der Waals surface area contributed by atoms with Crippen molar-refractivity contribution in [1.82, 2.24) is 10.1 Å². The Kier molecular flexibility index (Phi) is 5.27. The van der Waals surface area contributed by atoms with Gasteiger partial charge in [-0.25, -0.2) is 0 Å². The van der Waals surface area contributed by atoms with Crippen molar-refractivity contribution in [2.45, 2.75) is 32.6 Å². The summed E-state index contributed by atoms with van der Waals surface area (Å²) in [5, 5.41) is 8.11. The largest absolute Gasteiger partial charge is 0.377 e. The van der Waals surface area contributed by atoms with Crippen LogP contribution < -0.4 is 0 Å². The van der Waals surface area contributed by atoms with Crippen LogP contribution in [-0.4, -0.2) is 23.1 Å². The fraction of sp³-hybridized carbons (Fsp3) is 0.296. The lowest BCUT2D eigenvalue weighted by Crippen LogP contribution is -2.29. The van der Waals surface area contributed by atoms with Crippen LogP contribution in [0.2, 0.25) is 0 Å². The summed E-state index contributed by atoms with van der Waals surface area (Å²) >= 11 is 0. The highest BCUT2D eigenvalue weighted by molar-refractivity contribution is 5.84. The monoisotopic (exact) mass is 396 g/mol. The van der Waals surface area contributed by atoms with Crippen molar-refractivity contribution < 1.29 is 4.52 Å². The summed E-state index contributed by atoms with van der Waals surface area (Å²) in [7, 11) is 0. The van der Waals surface area contributed by atoms with E-state index in [0.717, 1.165) is 36.7 Å². The first-order valence-corrected chi connectivity index (χ1v) is 11.0. The molecule has 1 aliphatic heterocycles. The Balaban J connectivity index is 1.15. The molecule has 0 radical (unpaired) electrons. The van der Waals surface area contributed by atoms with Crippen LogP contribution >= 0.6 is 0 Å². The second-order valence-corrected chi connectivity index (χ2v) is 8.57. The summed E-state index contributed by atoms with van der Waals surface area (Å²) < 4.78 is 5.49. The molecule has 1 aromatic heterocycles. The van der Waals surface area contributed by atoms with Crippen LogP contribution in [0.3, 0.4) is 0 Å². The minimum atomic E-state index is 0.770. The maximum atomic E-state index is 5.49. The zero-order chi connectivity index (χ0) is 20.3. The van der Waals surface area contributed by atoms with Crippen LogP contribution in [0.25, 0.3) is 27.8 Å². The molecule has 0 bridgehead atoms. The highest BCUT2D eigenvalue weighted by Crippen LogP contribution is 2.26. The summed E-state index contributed by atoms with van der Waals surface area (Å²) in [6.07, 6.45) is 9.21. The van der Waals surface area contributed by atoms with Gasteiger partial charge >= 0.3 is 0 Å². The summed E-state index contributed by atoms with van der Waals surface area (Å²) in [5.74, 6) is 0.770. The Hall–Kier alpha value is -3.07. The SMILES string of the molecule is Cc1ccc2onc(CCC3CCN(/C=C/c4ccc5ccccc5c4)CC3)c2c1. The quantitative estimate of drug-likeness (QED) is 0.380. The van der Waals surface area contributed by atoms with Crippen molar-refractivity contribution in [2.75, 3.05) is 13.1 Å². The molecule has 0 spiro atoms. The zero-order valence-corrected chi connectivity index (χ0v) is 17.6. The molecule has 3 aromatic carbocycles. The van der Waals surface area contributed by atoms with E-state index in [1.54, 1.807) is 0 Å². The van der Waals surface area contributed by atoms with Crippen molar-refractivity contribution in [3.05, 3.63) is 83.7 Å². The normalized spacial score (nSPS) is 15.6. The van der Waals surface area contributed by atoms with Crippen molar-refractivity contribution in [3.8, 4) is 0 Å². The molecule has 5 rings (SSSR count). The zero-order valence-electron chi connectivity index (χ0n) is 17.6. The Morgan fingerprint density at radius 3 is 2.70 bits per heavy atom. The number of fused-ring (bicyclic) bond motifs is 2. The minimum absolute atomic E-state index is 0.770. The molecule has 2 heterocycles. The molecular formula is C27H28N2O. The highest BCUT2D eigenvalue weighted by atomic mass is 16.5. The van der Waals surface area contributed by atoms with Crippen molar-refractivity contribution >= 4 is 27.8 Å². The van der Waals surface area contributed by atoms with Gasteiger partial charge < -0.3 is 9.42 Å². The molecule has 4 aromatic rings. The predicted molar refractivity (Wildman–Crippen MR) is 124 cm³/mol. The maximum absolute atomic E-state index is 5.49. The van der Waals surface area contributed by atoms with Gasteiger partial charge in [0.1, 0.15) is 0 Å². The molecule has 1 aliphatic rings. The number of nitrogens with zero attached hydrogens (tertiary/aromatic N) is 2. The first-order valence-electron chi connectivity index (χ1n) is 11.0. The molecule has 30 heavy (non-hydrogen) atoms. The number of hydrogen-bond acceptors (Lipinski definition) is 3. The van der Waals surface area contributed by atoms with Crippen molar-refractivity contribution in [1.29, 1.82) is 0 Å². The molecular weight excluding hydrogens is 368 g/mol. The van der Waals surface area contributed by atoms with Gasteiger partial charge in [-0.2, -0.15) is 0 Å². The molecule has 0 unspecified atom stereocenters. The van der Waals surface area contributed by atoms with Crippen LogP contribution in [0.4, 0.5) is 0 Å². The average molecular weight is 397 g/mol. The average Bonchev–Trinajstić information content (AvgIpc) is 3.19. The Morgan fingerprint density at radius 1 is 1.00 bits per heavy atom. The standard InChI is InChI=1S/C27H28N2O/c1-20-6-11-27-25(18-20)26(28-30-27)10-8-21-12-15-29(16-13-21)17-14-22-7-9-23-4-2-3-5-24(23)19-22/h2-7,9,11,14,17-19,21H,8,10,12-13,15-16H2,1H3/b17-14+. The van der Waals surface area contributed by atoms with Gasteiger partial charge in [0.2, 0.25) is 0 Å². The van der Waals surface area contributed by atoms with Gasteiger partial charge in [0.25, 0.3) is 0 Å². The summed E-state index contributed by atoms with van der Waals surface area (Å²) in [5.41, 5.74) is 4.55. The van der Waals surface area contributed by atoms with Gasteiger partial charge in [0, 0.05) is 18.5 Å². The number of likely N-dealkylation sites (tertiary alicyclic amines) is 1. The van der Waals surface area contributed by atoms with Gasteiger partial charge in [0.05, 0.1) is 5.69 Å². The highest BCUT2D eigenvalue weighted by Gasteiger charge is 2.18. The van der Waals surface area contributed by atoms with Gasteiger partial charge in [0.15, 0.2) is 5.58 Å². The molecule has 0 saturated carbocycles. The van der Waals surface area contributed by atoms with E-state index in [1.807, 2.05) is 6.07 Å². The third-order valence-corrected chi connectivity index (χ3v) is 6.39. The lowest BCUT2D eigenvalue weighted by Gasteiger charge is -2.31. The fourth-order valence-corrected chi connectivity index (χ4v) is 4.52. The lowest BCUT2D eigenvalue weighted by molar-refractivity contribution is 0.235. The molecule has 0 aliphatic carbocycles. The smallest absolute Gasteiger partial charge is 0.167 e. The predicted octanol–water partition coefficient (Wildman–Crippen LogP) is 6.60. The van der Waals surface area contributed by atoms with Crippen LogP contribution in [-0.2, 0) is 6.42 Å². The van der Waals surface area contributed by atoms with E-state index in [-0.39, 0.29) is 0 Å². The molecule has 0 N–H and O–H groups in total. The first-order chi connectivity index (χ1) is 14.7. The third-order valence-electron chi connectivity index (χ3n) is 6.39. The molecule has 3 heteroatoms. The van der Waals surface area contributed by atoms with Crippen molar-refractivity contribution in [2.24, 2.45) is 5.92 Å². The summed E-state index contributed by atoms with van der Waals surface area (Å²) in [6.45, 7) is 4.39. The van der Waals surface area contributed by atoms with E-state index in [9.17, 15) is 0 Å². The minimum Gasteiger partial charge on any atom is -0.377 e. The second-order valence-electron chi connectivity index (χ2n) is 8.57. The van der Waals surface area contributed by atoms with Gasteiger partial charge in [-0.3, -0.25) is 0 Å². The Bertz CT molecular complexity index is 1180. The summed E-state index contributed by atoms with van der Waals surface area (Å²) in [4.78, 5) is 2.46. The van der Waals surface area contributed by atoms with Gasteiger partial charge in [-0.15, -0.1) is 0 Å². The number of aryl methyl sites for hydroxylation is 2. The van der Waals surface area contributed by atoms with E-state index in [1.165, 1.54) is 46.5 Å². The number of benzene rings is 3. The molecule has 1 fully saturated rings. The summed E-state index contributed by atoms with van der Waals surface area (Å²) in [6, 6.07) is 21.5. The molecule has 0 amide bonds.